The fourth-order valence-corrected chi connectivity index (χ4v) is 2.05. The molecule has 0 aliphatic carbocycles. The van der Waals surface area contributed by atoms with Gasteiger partial charge in [0.15, 0.2) is 0 Å². The van der Waals surface area contributed by atoms with E-state index in [-0.39, 0.29) is 22.7 Å². The number of rotatable bonds is 4. The highest BCUT2D eigenvalue weighted by molar-refractivity contribution is 9.10. The van der Waals surface area contributed by atoms with Crippen LogP contribution < -0.4 is 4.74 Å². The number of aryl methyl sites for hydroxylation is 1. The minimum atomic E-state index is -1.14. The highest BCUT2D eigenvalue weighted by Crippen LogP contribution is 2.32. The zero-order valence-corrected chi connectivity index (χ0v) is 12.5. The third-order valence-electron chi connectivity index (χ3n) is 2.77. The Hall–Kier alpha value is -2.41. The lowest BCUT2D eigenvalue weighted by Crippen LogP contribution is -2.01. The number of nitro benzene ring substituents is 1. The molecule has 0 saturated carbocycles. The third kappa shape index (κ3) is 3.38. The number of carboxylic acid groups (broad SMARTS) is 1. The predicted molar refractivity (Wildman–Crippen MR) is 79.0 cm³/mol. The number of non-ortho nitro benzene ring substituents is 1. The number of nitro groups is 1. The molecule has 2 aromatic carbocycles. The van der Waals surface area contributed by atoms with Gasteiger partial charge in [-0.25, -0.2) is 4.79 Å². The van der Waals surface area contributed by atoms with E-state index >= 15 is 0 Å². The second-order valence-corrected chi connectivity index (χ2v) is 5.17. The number of aromatic carboxylic acids is 1. The summed E-state index contributed by atoms with van der Waals surface area (Å²) in [5.41, 5.74) is 0.514. The third-order valence-corrected chi connectivity index (χ3v) is 3.27. The maximum absolute atomic E-state index is 11.2. The molecule has 0 saturated heterocycles. The Balaban J connectivity index is 2.45. The molecule has 0 unspecified atom stereocenters. The molecule has 0 atom stereocenters. The van der Waals surface area contributed by atoms with Gasteiger partial charge in [-0.2, -0.15) is 0 Å². The van der Waals surface area contributed by atoms with E-state index in [4.69, 9.17) is 4.74 Å². The van der Waals surface area contributed by atoms with Crippen molar-refractivity contribution in [1.29, 1.82) is 0 Å². The number of carboxylic acids is 1. The molecule has 0 amide bonds. The van der Waals surface area contributed by atoms with Crippen LogP contribution in [0.15, 0.2) is 40.9 Å². The molecule has 108 valence electrons. The van der Waals surface area contributed by atoms with Crippen molar-refractivity contribution in [3.63, 3.8) is 0 Å². The molecule has 0 radical (unpaired) electrons. The molecule has 0 aliphatic heterocycles. The summed E-state index contributed by atoms with van der Waals surface area (Å²) in [6.45, 7) is 1.72. The maximum Gasteiger partial charge on any atom is 0.339 e. The van der Waals surface area contributed by atoms with Gasteiger partial charge < -0.3 is 9.84 Å². The van der Waals surface area contributed by atoms with Crippen LogP contribution >= 0.6 is 15.9 Å². The van der Waals surface area contributed by atoms with Gasteiger partial charge in [-0.3, -0.25) is 10.1 Å². The lowest BCUT2D eigenvalue weighted by molar-refractivity contribution is -0.384. The number of halogens is 1. The number of hydrogen-bond donors (Lipinski definition) is 1. The summed E-state index contributed by atoms with van der Waals surface area (Å²) in [6.07, 6.45) is 0. The lowest BCUT2D eigenvalue weighted by Gasteiger charge is -2.11. The first kappa shape index (κ1) is 15.0. The second kappa shape index (κ2) is 5.92. The van der Waals surface area contributed by atoms with E-state index in [1.165, 1.54) is 24.3 Å². The standard InChI is InChI=1S/C14H10BrNO5/c1-8-2-4-10(16(19)20)7-13(8)21-12-5-3-9(15)6-11(12)14(17)18/h2-7H,1H3,(H,17,18). The molecular formula is C14H10BrNO5. The molecule has 2 rings (SSSR count). The van der Waals surface area contributed by atoms with Gasteiger partial charge in [0.1, 0.15) is 17.1 Å². The molecule has 0 fully saturated rings. The quantitative estimate of drug-likeness (QED) is 0.659. The highest BCUT2D eigenvalue weighted by atomic mass is 79.9. The van der Waals surface area contributed by atoms with E-state index in [2.05, 4.69) is 15.9 Å². The van der Waals surface area contributed by atoms with E-state index in [0.717, 1.165) is 0 Å². The Bertz CT molecular complexity index is 729. The summed E-state index contributed by atoms with van der Waals surface area (Å²) in [5.74, 6) is -0.780. The summed E-state index contributed by atoms with van der Waals surface area (Å²) < 4.78 is 6.14. The van der Waals surface area contributed by atoms with Crippen LogP contribution in [0, 0.1) is 17.0 Å². The Morgan fingerprint density at radius 2 is 1.95 bits per heavy atom. The van der Waals surface area contributed by atoms with E-state index in [1.807, 2.05) is 0 Å². The van der Waals surface area contributed by atoms with Gasteiger partial charge in [-0.15, -0.1) is 0 Å². The first-order valence-corrected chi connectivity index (χ1v) is 6.63. The first-order chi connectivity index (χ1) is 9.88. The van der Waals surface area contributed by atoms with Crippen LogP contribution in [0.1, 0.15) is 15.9 Å². The predicted octanol–water partition coefficient (Wildman–Crippen LogP) is 4.16. The zero-order chi connectivity index (χ0) is 15.6. The van der Waals surface area contributed by atoms with Crippen LogP contribution in [0.4, 0.5) is 5.69 Å². The van der Waals surface area contributed by atoms with Crippen LogP contribution in [0.3, 0.4) is 0 Å². The van der Waals surface area contributed by atoms with E-state index in [9.17, 15) is 20.0 Å². The van der Waals surface area contributed by atoms with Crippen LogP contribution in [0.5, 0.6) is 11.5 Å². The Labute approximate surface area is 128 Å². The zero-order valence-electron chi connectivity index (χ0n) is 10.9. The van der Waals surface area contributed by atoms with Crippen molar-refractivity contribution in [2.75, 3.05) is 0 Å². The molecule has 0 spiro atoms. The van der Waals surface area contributed by atoms with E-state index < -0.39 is 10.9 Å². The molecule has 0 heterocycles. The van der Waals surface area contributed by atoms with Gasteiger partial charge in [0.2, 0.25) is 0 Å². The molecule has 7 heteroatoms. The molecule has 0 aromatic heterocycles. The van der Waals surface area contributed by atoms with Gasteiger partial charge in [-0.05, 0) is 36.8 Å². The summed E-state index contributed by atoms with van der Waals surface area (Å²) in [4.78, 5) is 21.5. The van der Waals surface area contributed by atoms with Gasteiger partial charge in [0.25, 0.3) is 5.69 Å². The van der Waals surface area contributed by atoms with Crippen molar-refractivity contribution in [1.82, 2.24) is 0 Å². The first-order valence-electron chi connectivity index (χ1n) is 5.84. The van der Waals surface area contributed by atoms with Crippen LogP contribution in [0.25, 0.3) is 0 Å². The van der Waals surface area contributed by atoms with Gasteiger partial charge in [0, 0.05) is 10.5 Å². The van der Waals surface area contributed by atoms with Crippen molar-refractivity contribution in [3.05, 3.63) is 62.1 Å². The van der Waals surface area contributed by atoms with E-state index in [0.29, 0.717) is 10.0 Å². The molecule has 21 heavy (non-hydrogen) atoms. The average molecular weight is 352 g/mol. The summed E-state index contributed by atoms with van der Waals surface area (Å²) in [7, 11) is 0. The molecular weight excluding hydrogens is 342 g/mol. The number of nitrogens with zero attached hydrogens (tertiary/aromatic N) is 1. The largest absolute Gasteiger partial charge is 0.478 e. The van der Waals surface area contributed by atoms with Crippen LogP contribution in [-0.2, 0) is 0 Å². The number of ether oxygens (including phenoxy) is 1. The fourth-order valence-electron chi connectivity index (χ4n) is 1.69. The summed E-state index contributed by atoms with van der Waals surface area (Å²) >= 11 is 3.19. The SMILES string of the molecule is Cc1ccc([N+](=O)[O-])cc1Oc1ccc(Br)cc1C(=O)O. The highest BCUT2D eigenvalue weighted by Gasteiger charge is 2.15. The Morgan fingerprint density at radius 3 is 2.57 bits per heavy atom. The number of carbonyl (C=O) groups is 1. The lowest BCUT2D eigenvalue weighted by atomic mass is 10.2. The van der Waals surface area contributed by atoms with Crippen LogP contribution in [0.2, 0.25) is 0 Å². The van der Waals surface area contributed by atoms with Crippen molar-refractivity contribution >= 4 is 27.6 Å². The Morgan fingerprint density at radius 1 is 1.24 bits per heavy atom. The van der Waals surface area contributed by atoms with E-state index in [1.54, 1.807) is 19.1 Å². The summed E-state index contributed by atoms with van der Waals surface area (Å²) in [5, 5.41) is 20.0. The smallest absolute Gasteiger partial charge is 0.339 e. The topological polar surface area (TPSA) is 89.7 Å². The normalized spacial score (nSPS) is 10.2. The molecule has 0 aliphatic rings. The van der Waals surface area contributed by atoms with Gasteiger partial charge in [0.05, 0.1) is 11.0 Å². The number of benzene rings is 2. The number of hydrogen-bond acceptors (Lipinski definition) is 4. The minimum absolute atomic E-state index is 0.0321. The molecule has 1 N–H and O–H groups in total. The second-order valence-electron chi connectivity index (χ2n) is 4.25. The van der Waals surface area contributed by atoms with Crippen molar-refractivity contribution < 1.29 is 19.6 Å². The maximum atomic E-state index is 11.2. The fraction of sp³-hybridized carbons (Fsp3) is 0.0714. The molecule has 0 bridgehead atoms. The Kier molecular flexibility index (Phi) is 4.23. The van der Waals surface area contributed by atoms with Crippen molar-refractivity contribution in [3.8, 4) is 11.5 Å². The summed E-state index contributed by atoms with van der Waals surface area (Å²) in [6, 6.07) is 8.71. The monoisotopic (exact) mass is 351 g/mol. The molecule has 2 aromatic rings. The molecule has 6 nitrogen and oxygen atoms in total. The van der Waals surface area contributed by atoms with Gasteiger partial charge >= 0.3 is 5.97 Å². The van der Waals surface area contributed by atoms with Crippen molar-refractivity contribution in [2.24, 2.45) is 0 Å². The average Bonchev–Trinajstić information content (AvgIpc) is 2.42. The van der Waals surface area contributed by atoms with Crippen molar-refractivity contribution in [2.45, 2.75) is 6.92 Å². The minimum Gasteiger partial charge on any atom is -0.478 e. The van der Waals surface area contributed by atoms with Gasteiger partial charge in [-0.1, -0.05) is 15.9 Å². The van der Waals surface area contributed by atoms with Crippen LogP contribution in [-0.4, -0.2) is 16.0 Å².